The minimum Gasteiger partial charge on any atom is -0.315 e. The van der Waals surface area contributed by atoms with Gasteiger partial charge >= 0.3 is 0 Å². The van der Waals surface area contributed by atoms with Gasteiger partial charge in [0.25, 0.3) is 0 Å². The molecule has 4 aromatic carbocycles. The van der Waals surface area contributed by atoms with Crippen molar-refractivity contribution in [3.63, 3.8) is 0 Å². The predicted octanol–water partition coefficient (Wildman–Crippen LogP) is 11.5. The van der Waals surface area contributed by atoms with Gasteiger partial charge in [-0.15, -0.1) is 0 Å². The molecule has 1 N–H and O–H groups in total. The summed E-state index contributed by atoms with van der Waals surface area (Å²) in [6.07, 6.45) is 0.804. The molecule has 0 amide bonds. The predicted molar refractivity (Wildman–Crippen MR) is 193 cm³/mol. The van der Waals surface area contributed by atoms with Gasteiger partial charge in [-0.1, -0.05) is 117 Å². The minimum absolute atomic E-state index is 0.500. The van der Waals surface area contributed by atoms with E-state index in [9.17, 15) is 0 Å². The van der Waals surface area contributed by atoms with Crippen LogP contribution in [0.25, 0.3) is 0 Å². The highest BCUT2D eigenvalue weighted by Gasteiger charge is 2.13. The van der Waals surface area contributed by atoms with Gasteiger partial charge in [-0.2, -0.15) is 5.06 Å². The van der Waals surface area contributed by atoms with Gasteiger partial charge < -0.3 is 5.32 Å². The number of rotatable bonds is 16. The van der Waals surface area contributed by atoms with Crippen LogP contribution in [-0.2, 0) is 31.0 Å². The summed E-state index contributed by atoms with van der Waals surface area (Å²) in [6.45, 7) is 5.29. The van der Waals surface area contributed by atoms with Crippen molar-refractivity contribution in [3.8, 4) is 0 Å². The van der Waals surface area contributed by atoms with Crippen LogP contribution in [0.2, 0.25) is 40.2 Å². The molecule has 0 aromatic heterocycles. The summed E-state index contributed by atoms with van der Waals surface area (Å²) in [4.78, 5) is 8.52. The summed E-state index contributed by atoms with van der Waals surface area (Å²) < 4.78 is 0. The molecule has 0 aliphatic heterocycles. The molecule has 0 heterocycles. The normalized spacial score (nSPS) is 11.6. The molecular weight excluding hydrogens is 738 g/mol. The van der Waals surface area contributed by atoms with Crippen LogP contribution in [0.1, 0.15) is 28.7 Å². The van der Waals surface area contributed by atoms with E-state index in [1.807, 2.05) is 65.7 Å². The third-order valence-corrected chi connectivity index (χ3v) is 9.80. The quantitative estimate of drug-likeness (QED) is 0.0907. The Morgan fingerprint density at radius 3 is 1.22 bits per heavy atom. The molecule has 0 spiro atoms. The van der Waals surface area contributed by atoms with Gasteiger partial charge in [-0.05, 0) is 83.8 Å². The molecular formula is C33H31Cl8N3O. The fraction of sp³-hybridized carbons (Fsp3) is 0.273. The van der Waals surface area contributed by atoms with E-state index in [2.05, 4.69) is 10.2 Å². The van der Waals surface area contributed by atoms with Gasteiger partial charge in [0, 0.05) is 39.3 Å². The third kappa shape index (κ3) is 12.2. The molecule has 0 saturated carbocycles. The molecule has 0 unspecified atom stereocenters. The number of benzene rings is 4. The number of hydroxylamine groups is 2. The van der Waals surface area contributed by atoms with E-state index in [0.29, 0.717) is 73.0 Å². The molecule has 0 saturated heterocycles. The first-order valence-electron chi connectivity index (χ1n) is 14.1. The Hall–Kier alpha value is -0.960. The summed E-state index contributed by atoms with van der Waals surface area (Å²) in [6, 6.07) is 22.5. The van der Waals surface area contributed by atoms with E-state index < -0.39 is 0 Å². The monoisotopic (exact) mass is 765 g/mol. The highest BCUT2D eigenvalue weighted by Crippen LogP contribution is 2.27. The summed E-state index contributed by atoms with van der Waals surface area (Å²) >= 11 is 49.5. The zero-order valence-corrected chi connectivity index (χ0v) is 30.2. The van der Waals surface area contributed by atoms with Crippen LogP contribution in [0.5, 0.6) is 0 Å². The van der Waals surface area contributed by atoms with Crippen molar-refractivity contribution in [3.05, 3.63) is 135 Å². The van der Waals surface area contributed by atoms with Crippen molar-refractivity contribution in [2.75, 3.05) is 26.2 Å². The Bertz CT molecular complexity index is 1350. The minimum atomic E-state index is 0.500. The first kappa shape index (κ1) is 36.9. The van der Waals surface area contributed by atoms with E-state index in [-0.39, 0.29) is 0 Å². The lowest BCUT2D eigenvalue weighted by molar-refractivity contribution is -0.174. The molecule has 4 rings (SSSR count). The standard InChI is InChI=1S/C33H31Cl8N3O/c34-26-6-2-22(14-30(26)38)18-43(19-23-3-7-27(35)31(39)15-23)12-11-42-10-1-13-45-44(20-24-4-8-28(36)32(40)16-24)21-25-5-9-29(37)33(41)17-25/h2-9,14-17,42H,1,10-13,18-21H2. The van der Waals surface area contributed by atoms with Crippen LogP contribution in [0.4, 0.5) is 0 Å². The van der Waals surface area contributed by atoms with E-state index in [1.54, 1.807) is 12.1 Å². The van der Waals surface area contributed by atoms with Gasteiger partial charge in [0.05, 0.1) is 46.8 Å². The van der Waals surface area contributed by atoms with Crippen molar-refractivity contribution >= 4 is 92.8 Å². The van der Waals surface area contributed by atoms with E-state index >= 15 is 0 Å². The molecule has 0 aliphatic rings. The van der Waals surface area contributed by atoms with Crippen LogP contribution in [0, 0.1) is 0 Å². The largest absolute Gasteiger partial charge is 0.315 e. The highest BCUT2D eigenvalue weighted by atomic mass is 35.5. The van der Waals surface area contributed by atoms with E-state index in [0.717, 1.165) is 48.3 Å². The Morgan fingerprint density at radius 1 is 0.467 bits per heavy atom. The number of nitrogens with zero attached hydrogens (tertiary/aromatic N) is 2. The van der Waals surface area contributed by atoms with Crippen LogP contribution in [0.3, 0.4) is 0 Å². The molecule has 45 heavy (non-hydrogen) atoms. The van der Waals surface area contributed by atoms with Crippen LogP contribution < -0.4 is 5.32 Å². The second-order valence-corrected chi connectivity index (χ2v) is 13.7. The number of hydrogen-bond donors (Lipinski definition) is 1. The molecule has 0 bridgehead atoms. The number of hydrogen-bond acceptors (Lipinski definition) is 4. The first-order valence-corrected chi connectivity index (χ1v) is 17.2. The zero-order chi connectivity index (χ0) is 32.3. The van der Waals surface area contributed by atoms with Gasteiger partial charge in [0.1, 0.15) is 0 Å². The second-order valence-electron chi connectivity index (χ2n) is 10.4. The summed E-state index contributed by atoms with van der Waals surface area (Å²) in [5.74, 6) is 0. The van der Waals surface area contributed by atoms with Crippen molar-refractivity contribution in [1.82, 2.24) is 15.3 Å². The maximum Gasteiger partial charge on any atom is 0.0697 e. The van der Waals surface area contributed by atoms with Gasteiger partial charge in [-0.3, -0.25) is 9.74 Å². The molecule has 0 atom stereocenters. The first-order chi connectivity index (χ1) is 21.6. The second kappa shape index (κ2) is 18.5. The fourth-order valence-corrected chi connectivity index (χ4v) is 5.87. The Kier molecular flexibility index (Phi) is 15.2. The van der Waals surface area contributed by atoms with Gasteiger partial charge in [0.2, 0.25) is 0 Å². The third-order valence-electron chi connectivity index (χ3n) is 6.84. The zero-order valence-electron chi connectivity index (χ0n) is 24.1. The molecule has 240 valence electrons. The summed E-state index contributed by atoms with van der Waals surface area (Å²) in [5, 5.41) is 9.58. The lowest BCUT2D eigenvalue weighted by atomic mass is 10.1. The number of halogens is 8. The smallest absolute Gasteiger partial charge is 0.0697 e. The molecule has 12 heteroatoms. The van der Waals surface area contributed by atoms with E-state index in [1.165, 1.54) is 0 Å². The fourth-order valence-electron chi connectivity index (χ4n) is 4.59. The molecule has 0 aliphatic carbocycles. The van der Waals surface area contributed by atoms with Crippen molar-refractivity contribution in [1.29, 1.82) is 0 Å². The average Bonchev–Trinajstić information content (AvgIpc) is 3.00. The average molecular weight is 769 g/mol. The number of nitrogens with one attached hydrogen (secondary N) is 1. The molecule has 4 aromatic rings. The Balaban J connectivity index is 1.29. The van der Waals surface area contributed by atoms with Crippen LogP contribution >= 0.6 is 92.8 Å². The maximum absolute atomic E-state index is 6.28. The summed E-state index contributed by atoms with van der Waals surface area (Å²) in [5.41, 5.74) is 4.10. The van der Waals surface area contributed by atoms with Crippen molar-refractivity contribution < 1.29 is 4.84 Å². The lowest BCUT2D eigenvalue weighted by Crippen LogP contribution is -2.32. The molecule has 4 nitrogen and oxygen atoms in total. The Morgan fingerprint density at radius 2 is 0.844 bits per heavy atom. The molecule has 0 radical (unpaired) electrons. The van der Waals surface area contributed by atoms with Crippen molar-refractivity contribution in [2.24, 2.45) is 0 Å². The van der Waals surface area contributed by atoms with E-state index in [4.69, 9.17) is 97.6 Å². The SMILES string of the molecule is Clc1ccc(CN(CCNCCCON(Cc2ccc(Cl)c(Cl)c2)Cc2ccc(Cl)c(Cl)c2)Cc2ccc(Cl)c(Cl)c2)cc1Cl. The highest BCUT2D eigenvalue weighted by molar-refractivity contribution is 6.43. The van der Waals surface area contributed by atoms with Gasteiger partial charge in [-0.25, -0.2) is 0 Å². The van der Waals surface area contributed by atoms with Crippen LogP contribution in [-0.4, -0.2) is 36.2 Å². The van der Waals surface area contributed by atoms with Crippen LogP contribution in [0.15, 0.2) is 72.8 Å². The molecule has 0 fully saturated rings. The van der Waals surface area contributed by atoms with Gasteiger partial charge in [0.15, 0.2) is 0 Å². The topological polar surface area (TPSA) is 27.7 Å². The Labute approximate surface area is 304 Å². The summed E-state index contributed by atoms with van der Waals surface area (Å²) in [7, 11) is 0. The lowest BCUT2D eigenvalue weighted by Gasteiger charge is -2.24. The van der Waals surface area contributed by atoms with Crippen molar-refractivity contribution in [2.45, 2.75) is 32.6 Å². The maximum atomic E-state index is 6.28.